The molecule has 0 heterocycles. The number of carbonyl (C=O) groups is 3. The van der Waals surface area contributed by atoms with Crippen LogP contribution in [-0.2, 0) is 82.8 Å². The number of rotatable bonds is 17. The van der Waals surface area contributed by atoms with Gasteiger partial charge in [-0.1, -0.05) is 42.5 Å². The lowest BCUT2D eigenvalue weighted by Crippen LogP contribution is -2.38. The van der Waals surface area contributed by atoms with Crippen molar-refractivity contribution in [2.24, 2.45) is 11.8 Å². The fourth-order valence-corrected chi connectivity index (χ4v) is 11.6. The van der Waals surface area contributed by atoms with E-state index in [2.05, 4.69) is 63.1 Å². The molecule has 3 aromatic carbocycles. The summed E-state index contributed by atoms with van der Waals surface area (Å²) in [4.78, 5) is 41.1. The Morgan fingerprint density at radius 3 is 1.66 bits per heavy atom. The molecule has 13 nitrogen and oxygen atoms in total. The molecule has 2 atom stereocenters. The van der Waals surface area contributed by atoms with Crippen LogP contribution in [0.15, 0.2) is 42.5 Å². The quantitative estimate of drug-likeness (QED) is 0.129. The molecule has 318 valence electrons. The molecule has 15 heteroatoms. The van der Waals surface area contributed by atoms with Crippen molar-refractivity contribution in [2.45, 2.75) is 103 Å². The van der Waals surface area contributed by atoms with Crippen molar-refractivity contribution < 1.29 is 31.2 Å². The van der Waals surface area contributed by atoms with Gasteiger partial charge in [0.2, 0.25) is 26.5 Å². The van der Waals surface area contributed by atoms with Crippen molar-refractivity contribution in [1.29, 1.82) is 0 Å². The van der Waals surface area contributed by atoms with E-state index >= 15 is 0 Å². The van der Waals surface area contributed by atoms with E-state index < -0.39 is 32.1 Å². The fourth-order valence-electron chi connectivity index (χ4n) is 9.75. The van der Waals surface area contributed by atoms with Gasteiger partial charge in [-0.15, -0.1) is 0 Å². The average molecular weight is 847 g/mol. The Bertz CT molecular complexity index is 2300. The zero-order chi connectivity index (χ0) is 41.9. The molecular formula is C44H58N6O7S2. The minimum Gasteiger partial charge on any atom is -0.348 e. The van der Waals surface area contributed by atoms with Crippen LogP contribution in [-0.4, -0.2) is 82.8 Å². The highest BCUT2D eigenvalue weighted by atomic mass is 32.2. The number of hydrogen-bond acceptors (Lipinski definition) is 8. The van der Waals surface area contributed by atoms with E-state index in [0.717, 1.165) is 110 Å². The van der Waals surface area contributed by atoms with Gasteiger partial charge in [-0.25, -0.2) is 35.9 Å². The molecule has 0 saturated heterocycles. The molecule has 0 radical (unpaired) electrons. The molecule has 0 saturated carbocycles. The molecule has 2 unspecified atom stereocenters. The molecule has 0 bridgehead atoms. The first-order chi connectivity index (χ1) is 28.2. The molecule has 0 spiro atoms. The first kappa shape index (κ1) is 42.6. The molecule has 4 aliphatic carbocycles. The van der Waals surface area contributed by atoms with E-state index in [-0.39, 0.29) is 42.3 Å². The van der Waals surface area contributed by atoms with E-state index in [1.54, 1.807) is 7.05 Å². The van der Waals surface area contributed by atoms with E-state index in [4.69, 9.17) is 0 Å². The van der Waals surface area contributed by atoms with Crippen LogP contribution in [0.1, 0.15) is 89.6 Å². The third-order valence-electron chi connectivity index (χ3n) is 12.7. The number of fused-ring (bicyclic) bond motifs is 4. The lowest BCUT2D eigenvalue weighted by molar-refractivity contribution is -0.117. The summed E-state index contributed by atoms with van der Waals surface area (Å²) < 4.78 is 56.3. The van der Waals surface area contributed by atoms with Gasteiger partial charge >= 0.3 is 12.1 Å². The summed E-state index contributed by atoms with van der Waals surface area (Å²) in [5, 5.41) is 5.96. The lowest BCUT2D eigenvalue weighted by Gasteiger charge is -2.26. The number of anilines is 2. The summed E-state index contributed by atoms with van der Waals surface area (Å²) >= 11 is 0. The number of carbonyl (C=O) groups excluding carboxylic acids is 3. The Hall–Kier alpha value is -4.47. The summed E-state index contributed by atoms with van der Waals surface area (Å²) in [6, 6.07) is 13.4. The van der Waals surface area contributed by atoms with Gasteiger partial charge in [0.15, 0.2) is 0 Å². The van der Waals surface area contributed by atoms with Crippen molar-refractivity contribution in [3.05, 3.63) is 92.5 Å². The predicted octanol–water partition coefficient (Wildman–Crippen LogP) is 5.48. The molecular weight excluding hydrogens is 789 g/mol. The van der Waals surface area contributed by atoms with Crippen LogP contribution >= 0.6 is 0 Å². The first-order valence-electron chi connectivity index (χ1n) is 21.1. The lowest BCUT2D eigenvalue weighted by atomic mass is 9.87. The van der Waals surface area contributed by atoms with Gasteiger partial charge in [0.25, 0.3) is 0 Å². The minimum atomic E-state index is -3.91. The second kappa shape index (κ2) is 18.0. The highest BCUT2D eigenvalue weighted by molar-refractivity contribution is 7.90. The fraction of sp³-hybridized carbons (Fsp3) is 0.523. The normalized spacial score (nSPS) is 18.0. The Kier molecular flexibility index (Phi) is 13.0. The number of aryl methyl sites for hydroxylation is 2. The van der Waals surface area contributed by atoms with Crippen LogP contribution in [0.5, 0.6) is 0 Å². The van der Waals surface area contributed by atoms with Gasteiger partial charge in [0.1, 0.15) is 0 Å². The smallest absolute Gasteiger partial charge is 0.332 e. The molecule has 4 aliphatic rings. The van der Waals surface area contributed by atoms with Crippen LogP contribution < -0.4 is 20.1 Å². The van der Waals surface area contributed by atoms with E-state index in [1.165, 1.54) is 27.2 Å². The minimum absolute atomic E-state index is 0.161. The maximum absolute atomic E-state index is 13.5. The predicted molar refractivity (Wildman–Crippen MR) is 231 cm³/mol. The van der Waals surface area contributed by atoms with Crippen LogP contribution in [0.4, 0.5) is 21.0 Å². The zero-order valence-electron chi connectivity index (χ0n) is 34.4. The first-order valence-corrected chi connectivity index (χ1v) is 24.4. The standard InChI is InChI=1S/C44H58N6O7S2/c1-29(2)50(27-30-11-5-4-6-12-30)18-10-20-59(56,57)48-44(53)46-42-38-16-8-14-32(38)22-36-24-34(26-40(36)42)33-23-35-21-31-13-7-15-37(31)41(39(35)25-33)45-43(52)47-58(54,55)19-9-17-49(3)28-51/h4-6,11-12,21-22,28-29,33-34H,7-10,13-20,23-27H2,1-3H3,(H2,45,47,52)(H2,46,48,53). The topological polar surface area (TPSA) is 174 Å². The molecule has 0 aromatic heterocycles. The summed E-state index contributed by atoms with van der Waals surface area (Å²) in [5.74, 6) is 0.101. The second-order valence-electron chi connectivity index (χ2n) is 17.2. The number of hydrogen-bond donors (Lipinski definition) is 4. The summed E-state index contributed by atoms with van der Waals surface area (Å²) in [7, 11) is -6.22. The van der Waals surface area contributed by atoms with Crippen molar-refractivity contribution in [1.82, 2.24) is 19.2 Å². The Balaban J connectivity index is 1.00. The average Bonchev–Trinajstić information content (AvgIpc) is 4.00. The monoisotopic (exact) mass is 846 g/mol. The second-order valence-corrected chi connectivity index (χ2v) is 20.9. The number of nitrogens with one attached hydrogen (secondary N) is 4. The van der Waals surface area contributed by atoms with Crippen molar-refractivity contribution in [3.63, 3.8) is 0 Å². The van der Waals surface area contributed by atoms with Crippen molar-refractivity contribution in [3.8, 4) is 0 Å². The maximum Gasteiger partial charge on any atom is 0.332 e. The van der Waals surface area contributed by atoms with Gasteiger partial charge in [-0.3, -0.25) is 9.69 Å². The Morgan fingerprint density at radius 1 is 0.695 bits per heavy atom. The number of amides is 5. The van der Waals surface area contributed by atoms with Crippen molar-refractivity contribution in [2.75, 3.05) is 42.3 Å². The molecule has 0 aliphatic heterocycles. The third-order valence-corrected chi connectivity index (χ3v) is 15.3. The van der Waals surface area contributed by atoms with Crippen molar-refractivity contribution >= 4 is 49.9 Å². The van der Waals surface area contributed by atoms with Gasteiger partial charge in [-0.2, -0.15) is 0 Å². The summed E-state index contributed by atoms with van der Waals surface area (Å²) in [6.45, 7) is 5.76. The van der Waals surface area contributed by atoms with Gasteiger partial charge < -0.3 is 15.5 Å². The van der Waals surface area contributed by atoms with Crippen LogP contribution in [0.3, 0.4) is 0 Å². The highest BCUT2D eigenvalue weighted by Crippen LogP contribution is 2.47. The number of urea groups is 2. The summed E-state index contributed by atoms with van der Waals surface area (Å²) in [6.07, 6.45) is 9.80. The van der Waals surface area contributed by atoms with Crippen LogP contribution in [0, 0.1) is 11.8 Å². The van der Waals surface area contributed by atoms with Gasteiger partial charge in [-0.05, 0) is 159 Å². The van der Waals surface area contributed by atoms with E-state index in [9.17, 15) is 31.2 Å². The molecule has 0 fully saturated rings. The molecule has 4 N–H and O–H groups in total. The van der Waals surface area contributed by atoms with E-state index in [1.807, 2.05) is 18.2 Å². The summed E-state index contributed by atoms with van der Waals surface area (Å²) in [5.41, 5.74) is 11.8. The molecule has 3 aromatic rings. The van der Waals surface area contributed by atoms with Crippen LogP contribution in [0.25, 0.3) is 0 Å². The molecule has 59 heavy (non-hydrogen) atoms. The molecule has 7 rings (SSSR count). The molecule has 5 amide bonds. The largest absolute Gasteiger partial charge is 0.348 e. The SMILES string of the molecule is CC(C)N(CCCS(=O)(=O)NC(=O)Nc1c2c(cc3c1CC(C1Cc4cc5c(c(NC(=O)NS(=O)(=O)CCCN(C)C=O)c4C1)CCC5)C3)CCC2)Cc1ccccc1. The third kappa shape index (κ3) is 10.3. The van der Waals surface area contributed by atoms with Gasteiger partial charge in [0.05, 0.1) is 11.5 Å². The van der Waals surface area contributed by atoms with Crippen LogP contribution in [0.2, 0.25) is 0 Å². The van der Waals surface area contributed by atoms with E-state index in [0.29, 0.717) is 19.4 Å². The number of sulfonamides is 2. The number of benzene rings is 3. The van der Waals surface area contributed by atoms with Gasteiger partial charge in [0, 0.05) is 37.6 Å². The Morgan fingerprint density at radius 2 is 1.19 bits per heavy atom. The maximum atomic E-state index is 13.5. The number of nitrogens with zero attached hydrogens (tertiary/aromatic N) is 2. The highest BCUT2D eigenvalue weighted by Gasteiger charge is 2.38. The zero-order valence-corrected chi connectivity index (χ0v) is 36.1. The Labute approximate surface area is 349 Å².